The number of unbranched alkanes of at least 4 members (excludes halogenated alkanes) is 1. The fourth-order valence-corrected chi connectivity index (χ4v) is 1.36. The normalized spacial score (nSPS) is 12.4. The van der Waals surface area contributed by atoms with Crippen LogP contribution < -0.4 is 0 Å². The van der Waals surface area contributed by atoms with Crippen molar-refractivity contribution < 1.29 is 5.11 Å². The molecule has 1 rings (SSSR count). The first kappa shape index (κ1) is 10.9. The zero-order valence-electron chi connectivity index (χ0n) is 8.39. The molecule has 2 heteroatoms. The van der Waals surface area contributed by atoms with Crippen molar-refractivity contribution in [2.75, 3.05) is 0 Å². The SMILES string of the molecule is C=CCCCC(O)Cc1ccccn1. The van der Waals surface area contributed by atoms with E-state index < -0.39 is 0 Å². The molecule has 0 radical (unpaired) electrons. The maximum atomic E-state index is 9.65. The monoisotopic (exact) mass is 191 g/mol. The van der Waals surface area contributed by atoms with Gasteiger partial charge in [0, 0.05) is 18.3 Å². The lowest BCUT2D eigenvalue weighted by Crippen LogP contribution is -2.10. The number of aliphatic hydroxyl groups excluding tert-OH is 1. The largest absolute Gasteiger partial charge is 0.393 e. The van der Waals surface area contributed by atoms with E-state index in [0.29, 0.717) is 6.42 Å². The number of aromatic nitrogens is 1. The van der Waals surface area contributed by atoms with Crippen LogP contribution in [-0.2, 0) is 6.42 Å². The van der Waals surface area contributed by atoms with Gasteiger partial charge in [-0.05, 0) is 31.4 Å². The number of allylic oxidation sites excluding steroid dienone is 1. The fraction of sp³-hybridized carbons (Fsp3) is 0.417. The van der Waals surface area contributed by atoms with Crippen molar-refractivity contribution in [3.05, 3.63) is 42.7 Å². The molecule has 1 heterocycles. The summed E-state index contributed by atoms with van der Waals surface area (Å²) in [6.45, 7) is 3.65. The molecule has 1 unspecified atom stereocenters. The van der Waals surface area contributed by atoms with Crippen LogP contribution in [0.3, 0.4) is 0 Å². The molecule has 0 saturated heterocycles. The van der Waals surface area contributed by atoms with E-state index >= 15 is 0 Å². The summed E-state index contributed by atoms with van der Waals surface area (Å²) < 4.78 is 0. The van der Waals surface area contributed by atoms with Gasteiger partial charge in [0.05, 0.1) is 6.10 Å². The second-order valence-corrected chi connectivity index (χ2v) is 3.40. The lowest BCUT2D eigenvalue weighted by Gasteiger charge is -2.08. The number of nitrogens with zero attached hydrogens (tertiary/aromatic N) is 1. The maximum Gasteiger partial charge on any atom is 0.0595 e. The molecule has 76 valence electrons. The first-order valence-electron chi connectivity index (χ1n) is 5.02. The van der Waals surface area contributed by atoms with Crippen molar-refractivity contribution in [2.45, 2.75) is 31.8 Å². The molecule has 0 fully saturated rings. The van der Waals surface area contributed by atoms with Crippen LogP contribution in [0.5, 0.6) is 0 Å². The van der Waals surface area contributed by atoms with Crippen LogP contribution in [0, 0.1) is 0 Å². The Morgan fingerprint density at radius 2 is 2.36 bits per heavy atom. The molecule has 0 saturated carbocycles. The zero-order valence-corrected chi connectivity index (χ0v) is 8.39. The first-order chi connectivity index (χ1) is 6.83. The van der Waals surface area contributed by atoms with Crippen molar-refractivity contribution in [3.8, 4) is 0 Å². The van der Waals surface area contributed by atoms with Crippen LogP contribution in [0.25, 0.3) is 0 Å². The molecule has 0 aliphatic carbocycles. The minimum absolute atomic E-state index is 0.273. The van der Waals surface area contributed by atoms with Gasteiger partial charge in [-0.25, -0.2) is 0 Å². The van der Waals surface area contributed by atoms with Crippen molar-refractivity contribution in [3.63, 3.8) is 0 Å². The highest BCUT2D eigenvalue weighted by molar-refractivity contribution is 5.04. The highest BCUT2D eigenvalue weighted by Gasteiger charge is 2.04. The topological polar surface area (TPSA) is 33.1 Å². The Balaban J connectivity index is 2.26. The van der Waals surface area contributed by atoms with E-state index in [1.807, 2.05) is 24.3 Å². The van der Waals surface area contributed by atoms with E-state index in [9.17, 15) is 5.11 Å². The molecule has 2 nitrogen and oxygen atoms in total. The van der Waals surface area contributed by atoms with Crippen LogP contribution in [0.4, 0.5) is 0 Å². The first-order valence-corrected chi connectivity index (χ1v) is 5.02. The van der Waals surface area contributed by atoms with Crippen LogP contribution >= 0.6 is 0 Å². The highest BCUT2D eigenvalue weighted by Crippen LogP contribution is 2.06. The molecule has 1 atom stereocenters. The quantitative estimate of drug-likeness (QED) is 0.553. The number of pyridine rings is 1. The summed E-state index contributed by atoms with van der Waals surface area (Å²) in [7, 11) is 0. The Labute approximate surface area is 85.3 Å². The highest BCUT2D eigenvalue weighted by atomic mass is 16.3. The smallest absolute Gasteiger partial charge is 0.0595 e. The number of hydrogen-bond donors (Lipinski definition) is 1. The molecule has 0 spiro atoms. The summed E-state index contributed by atoms with van der Waals surface area (Å²) in [5.41, 5.74) is 0.957. The number of rotatable bonds is 6. The average molecular weight is 191 g/mol. The van der Waals surface area contributed by atoms with Crippen molar-refractivity contribution >= 4 is 0 Å². The predicted molar refractivity (Wildman–Crippen MR) is 58.0 cm³/mol. The second-order valence-electron chi connectivity index (χ2n) is 3.40. The second kappa shape index (κ2) is 6.33. The lowest BCUT2D eigenvalue weighted by atomic mass is 10.1. The number of aliphatic hydroxyl groups is 1. The third-order valence-corrected chi connectivity index (χ3v) is 2.12. The van der Waals surface area contributed by atoms with Crippen LogP contribution in [0.2, 0.25) is 0 Å². The molecule has 1 aromatic rings. The van der Waals surface area contributed by atoms with Crippen molar-refractivity contribution in [1.29, 1.82) is 0 Å². The third-order valence-electron chi connectivity index (χ3n) is 2.12. The minimum atomic E-state index is -0.273. The zero-order chi connectivity index (χ0) is 10.2. The van der Waals surface area contributed by atoms with Gasteiger partial charge in [-0.2, -0.15) is 0 Å². The fourth-order valence-electron chi connectivity index (χ4n) is 1.36. The standard InChI is InChI=1S/C12H17NO/c1-2-3-4-8-12(14)10-11-7-5-6-9-13-11/h2,5-7,9,12,14H,1,3-4,8,10H2. The Kier molecular flexibility index (Phi) is 4.94. The third kappa shape index (κ3) is 4.19. The molecule has 14 heavy (non-hydrogen) atoms. The Hall–Kier alpha value is -1.15. The van der Waals surface area contributed by atoms with Crippen molar-refractivity contribution in [2.24, 2.45) is 0 Å². The van der Waals surface area contributed by atoms with Gasteiger partial charge in [-0.1, -0.05) is 12.1 Å². The maximum absolute atomic E-state index is 9.65. The Bertz CT molecular complexity index is 258. The molecule has 0 aromatic carbocycles. The van der Waals surface area contributed by atoms with E-state index in [-0.39, 0.29) is 6.10 Å². The Morgan fingerprint density at radius 3 is 3.00 bits per heavy atom. The Morgan fingerprint density at radius 1 is 1.50 bits per heavy atom. The predicted octanol–water partition coefficient (Wildman–Crippen LogP) is 2.34. The van der Waals surface area contributed by atoms with Gasteiger partial charge in [0.1, 0.15) is 0 Å². The summed E-state index contributed by atoms with van der Waals surface area (Å²) in [6.07, 6.45) is 6.81. The molecular weight excluding hydrogens is 174 g/mol. The van der Waals surface area contributed by atoms with Crippen LogP contribution in [0.1, 0.15) is 25.0 Å². The molecule has 0 amide bonds. The number of hydrogen-bond acceptors (Lipinski definition) is 2. The van der Waals surface area contributed by atoms with Crippen LogP contribution in [-0.4, -0.2) is 16.2 Å². The van der Waals surface area contributed by atoms with Gasteiger partial charge in [-0.3, -0.25) is 4.98 Å². The van der Waals surface area contributed by atoms with E-state index in [1.165, 1.54) is 0 Å². The summed E-state index contributed by atoms with van der Waals surface area (Å²) in [6, 6.07) is 5.77. The molecule has 0 bridgehead atoms. The summed E-state index contributed by atoms with van der Waals surface area (Å²) in [4.78, 5) is 4.17. The van der Waals surface area contributed by atoms with Gasteiger partial charge in [-0.15, -0.1) is 6.58 Å². The molecule has 0 aliphatic rings. The van der Waals surface area contributed by atoms with E-state index in [0.717, 1.165) is 25.0 Å². The van der Waals surface area contributed by atoms with E-state index in [4.69, 9.17) is 0 Å². The molecular formula is C12H17NO. The minimum Gasteiger partial charge on any atom is -0.393 e. The van der Waals surface area contributed by atoms with Crippen molar-refractivity contribution in [1.82, 2.24) is 4.98 Å². The van der Waals surface area contributed by atoms with E-state index in [2.05, 4.69) is 11.6 Å². The van der Waals surface area contributed by atoms with Gasteiger partial charge in [0.25, 0.3) is 0 Å². The lowest BCUT2D eigenvalue weighted by molar-refractivity contribution is 0.161. The molecule has 1 aromatic heterocycles. The molecule has 0 aliphatic heterocycles. The van der Waals surface area contributed by atoms with Crippen LogP contribution in [0.15, 0.2) is 37.1 Å². The molecule has 1 N–H and O–H groups in total. The van der Waals surface area contributed by atoms with Gasteiger partial charge < -0.3 is 5.11 Å². The van der Waals surface area contributed by atoms with Gasteiger partial charge in [0.15, 0.2) is 0 Å². The van der Waals surface area contributed by atoms with Gasteiger partial charge >= 0.3 is 0 Å². The van der Waals surface area contributed by atoms with Gasteiger partial charge in [0.2, 0.25) is 0 Å². The summed E-state index contributed by atoms with van der Waals surface area (Å²) >= 11 is 0. The average Bonchev–Trinajstić information content (AvgIpc) is 2.20. The van der Waals surface area contributed by atoms with E-state index in [1.54, 1.807) is 6.20 Å². The summed E-state index contributed by atoms with van der Waals surface area (Å²) in [5, 5.41) is 9.65. The summed E-state index contributed by atoms with van der Waals surface area (Å²) in [5.74, 6) is 0.